The normalized spacial score (nSPS) is 23.4. The standard InChI is InChI=1S/C21H34O5/c1-3-4-7-10-16(22)13-14-18-17(19(23)15-20(18)24)11-8-5-6-9-12-21(25)26-2/h16-18,20,22,24H,3-12,15H2,1-2H3/t16-,17-,18+,20-/m1/s1. The summed E-state index contributed by atoms with van der Waals surface area (Å²) in [7, 11) is 1.39. The van der Waals surface area contributed by atoms with Gasteiger partial charge in [0.1, 0.15) is 11.9 Å². The molecule has 0 radical (unpaired) electrons. The zero-order valence-corrected chi connectivity index (χ0v) is 16.2. The van der Waals surface area contributed by atoms with Gasteiger partial charge in [-0.25, -0.2) is 0 Å². The number of rotatable bonds is 11. The molecule has 0 bridgehead atoms. The van der Waals surface area contributed by atoms with Gasteiger partial charge in [-0.3, -0.25) is 9.59 Å². The van der Waals surface area contributed by atoms with Crippen molar-refractivity contribution in [3.63, 3.8) is 0 Å². The molecule has 1 aliphatic rings. The lowest BCUT2D eigenvalue weighted by Gasteiger charge is -2.15. The Bertz CT molecular complexity index is 490. The van der Waals surface area contributed by atoms with Gasteiger partial charge in [-0.15, -0.1) is 0 Å². The number of methoxy groups -OCH3 is 1. The summed E-state index contributed by atoms with van der Waals surface area (Å²) in [6, 6.07) is 0. The molecule has 26 heavy (non-hydrogen) atoms. The first-order chi connectivity index (χ1) is 12.5. The van der Waals surface area contributed by atoms with Crippen molar-refractivity contribution in [2.75, 3.05) is 7.11 Å². The molecule has 0 aliphatic heterocycles. The third kappa shape index (κ3) is 8.33. The second-order valence-corrected chi connectivity index (χ2v) is 7.20. The van der Waals surface area contributed by atoms with Crippen LogP contribution in [0, 0.1) is 23.7 Å². The van der Waals surface area contributed by atoms with E-state index in [9.17, 15) is 19.8 Å². The average Bonchev–Trinajstić information content (AvgIpc) is 2.89. The molecule has 5 nitrogen and oxygen atoms in total. The predicted molar refractivity (Wildman–Crippen MR) is 100 cm³/mol. The topological polar surface area (TPSA) is 83.8 Å². The van der Waals surface area contributed by atoms with Crippen molar-refractivity contribution in [1.29, 1.82) is 0 Å². The third-order valence-corrected chi connectivity index (χ3v) is 5.04. The maximum atomic E-state index is 12.1. The predicted octanol–water partition coefficient (Wildman–Crippen LogP) is 3.01. The average molecular weight is 366 g/mol. The van der Waals surface area contributed by atoms with Gasteiger partial charge in [0.05, 0.1) is 19.1 Å². The van der Waals surface area contributed by atoms with Crippen LogP contribution in [-0.4, -0.2) is 41.3 Å². The molecule has 5 heteroatoms. The van der Waals surface area contributed by atoms with Gasteiger partial charge in [-0.2, -0.15) is 0 Å². The summed E-state index contributed by atoms with van der Waals surface area (Å²) in [4.78, 5) is 23.2. The van der Waals surface area contributed by atoms with Gasteiger partial charge in [0.2, 0.25) is 0 Å². The summed E-state index contributed by atoms with van der Waals surface area (Å²) in [5.74, 6) is 5.11. The van der Waals surface area contributed by atoms with Crippen LogP contribution in [0.4, 0.5) is 0 Å². The zero-order valence-electron chi connectivity index (χ0n) is 16.2. The maximum Gasteiger partial charge on any atom is 0.305 e. The molecule has 1 aliphatic carbocycles. The molecule has 0 amide bonds. The van der Waals surface area contributed by atoms with Crippen LogP contribution < -0.4 is 0 Å². The van der Waals surface area contributed by atoms with Crippen LogP contribution >= 0.6 is 0 Å². The van der Waals surface area contributed by atoms with Crippen LogP contribution in [0.1, 0.15) is 77.6 Å². The van der Waals surface area contributed by atoms with Crippen molar-refractivity contribution in [3.05, 3.63) is 0 Å². The maximum absolute atomic E-state index is 12.1. The highest BCUT2D eigenvalue weighted by atomic mass is 16.5. The Morgan fingerprint density at radius 1 is 1.23 bits per heavy atom. The molecule has 0 heterocycles. The van der Waals surface area contributed by atoms with Crippen LogP contribution in [0.15, 0.2) is 0 Å². The highest BCUT2D eigenvalue weighted by Crippen LogP contribution is 2.33. The van der Waals surface area contributed by atoms with E-state index in [4.69, 9.17) is 0 Å². The van der Waals surface area contributed by atoms with Crippen molar-refractivity contribution in [2.45, 2.75) is 89.8 Å². The summed E-state index contributed by atoms with van der Waals surface area (Å²) in [5, 5.41) is 20.1. The van der Waals surface area contributed by atoms with E-state index in [0.29, 0.717) is 19.3 Å². The molecule has 1 rings (SSSR count). The Morgan fingerprint density at radius 3 is 2.65 bits per heavy atom. The fourth-order valence-corrected chi connectivity index (χ4v) is 3.43. The summed E-state index contributed by atoms with van der Waals surface area (Å²) in [5.41, 5.74) is 0. The number of aliphatic hydroxyl groups is 2. The molecule has 1 fully saturated rings. The Hall–Kier alpha value is -1.38. The highest BCUT2D eigenvalue weighted by Gasteiger charge is 2.40. The van der Waals surface area contributed by atoms with Gasteiger partial charge in [0.25, 0.3) is 0 Å². The molecule has 0 aromatic rings. The molecule has 148 valence electrons. The lowest BCUT2D eigenvalue weighted by molar-refractivity contribution is -0.140. The van der Waals surface area contributed by atoms with Crippen LogP contribution in [0.2, 0.25) is 0 Å². The van der Waals surface area contributed by atoms with E-state index in [1.165, 1.54) is 7.11 Å². The second-order valence-electron chi connectivity index (χ2n) is 7.20. The smallest absolute Gasteiger partial charge is 0.305 e. The van der Waals surface area contributed by atoms with E-state index in [0.717, 1.165) is 44.9 Å². The van der Waals surface area contributed by atoms with Crippen LogP contribution in [-0.2, 0) is 14.3 Å². The Kier molecular flexibility index (Phi) is 11.2. The van der Waals surface area contributed by atoms with E-state index >= 15 is 0 Å². The molecule has 0 unspecified atom stereocenters. The second kappa shape index (κ2) is 12.9. The number of hydrogen-bond acceptors (Lipinski definition) is 5. The van der Waals surface area contributed by atoms with E-state index < -0.39 is 12.2 Å². The molecular formula is C21H34O5. The molecule has 0 saturated heterocycles. The molecular weight excluding hydrogens is 332 g/mol. The SMILES string of the molecule is CCCCC[C@@H](O)C#C[C@@H]1[C@H](O)CC(=O)[C@@H]1CCCCCCC(=O)OC. The van der Waals surface area contributed by atoms with Gasteiger partial charge < -0.3 is 14.9 Å². The number of aliphatic hydroxyl groups excluding tert-OH is 2. The van der Waals surface area contributed by atoms with Crippen molar-refractivity contribution in [1.82, 2.24) is 0 Å². The minimum atomic E-state index is -0.720. The molecule has 2 N–H and O–H groups in total. The lowest BCUT2D eigenvalue weighted by atomic mass is 9.89. The van der Waals surface area contributed by atoms with Crippen molar-refractivity contribution < 1.29 is 24.5 Å². The van der Waals surface area contributed by atoms with E-state index in [1.54, 1.807) is 0 Å². The first kappa shape index (κ1) is 22.7. The Labute approximate surface area is 157 Å². The summed E-state index contributed by atoms with van der Waals surface area (Å²) < 4.78 is 4.61. The van der Waals surface area contributed by atoms with Gasteiger partial charge in [0.15, 0.2) is 0 Å². The van der Waals surface area contributed by atoms with Crippen molar-refractivity contribution >= 4 is 11.8 Å². The minimum Gasteiger partial charge on any atom is -0.469 e. The first-order valence-corrected chi connectivity index (χ1v) is 9.96. The number of unbranched alkanes of at least 4 members (excludes halogenated alkanes) is 5. The number of ketones is 1. The van der Waals surface area contributed by atoms with Crippen LogP contribution in [0.5, 0.6) is 0 Å². The first-order valence-electron chi connectivity index (χ1n) is 9.96. The Balaban J connectivity index is 2.40. The monoisotopic (exact) mass is 366 g/mol. The summed E-state index contributed by atoms with van der Waals surface area (Å²) >= 11 is 0. The number of ether oxygens (including phenoxy) is 1. The van der Waals surface area contributed by atoms with Crippen LogP contribution in [0.3, 0.4) is 0 Å². The summed E-state index contributed by atoms with van der Waals surface area (Å²) in [6.45, 7) is 2.11. The number of Topliss-reactive ketones (excluding diaryl/α,β-unsaturated/α-hetero) is 1. The number of esters is 1. The molecule has 4 atom stereocenters. The lowest BCUT2D eigenvalue weighted by Crippen LogP contribution is -2.19. The highest BCUT2D eigenvalue weighted by molar-refractivity contribution is 5.84. The van der Waals surface area contributed by atoms with E-state index in [2.05, 4.69) is 23.5 Å². The number of carbonyl (C=O) groups excluding carboxylic acids is 2. The molecule has 1 saturated carbocycles. The minimum absolute atomic E-state index is 0.0758. The molecule has 0 aromatic heterocycles. The molecule has 0 spiro atoms. The third-order valence-electron chi connectivity index (χ3n) is 5.04. The van der Waals surface area contributed by atoms with E-state index in [1.807, 2.05) is 0 Å². The quantitative estimate of drug-likeness (QED) is 0.334. The van der Waals surface area contributed by atoms with Crippen LogP contribution in [0.25, 0.3) is 0 Å². The van der Waals surface area contributed by atoms with Gasteiger partial charge in [-0.1, -0.05) is 50.9 Å². The Morgan fingerprint density at radius 2 is 1.96 bits per heavy atom. The largest absolute Gasteiger partial charge is 0.469 e. The molecule has 0 aromatic carbocycles. The number of carbonyl (C=O) groups is 2. The fourth-order valence-electron chi connectivity index (χ4n) is 3.43. The van der Waals surface area contributed by atoms with Crippen molar-refractivity contribution in [2.24, 2.45) is 11.8 Å². The van der Waals surface area contributed by atoms with Gasteiger partial charge in [-0.05, 0) is 25.7 Å². The van der Waals surface area contributed by atoms with Gasteiger partial charge >= 0.3 is 5.97 Å². The zero-order chi connectivity index (χ0) is 19.4. The van der Waals surface area contributed by atoms with Gasteiger partial charge in [0, 0.05) is 18.8 Å². The fraction of sp³-hybridized carbons (Fsp3) is 0.810. The van der Waals surface area contributed by atoms with E-state index in [-0.39, 0.29) is 30.0 Å². The summed E-state index contributed by atoms with van der Waals surface area (Å²) in [6.07, 6.45) is 7.18. The van der Waals surface area contributed by atoms with Crippen molar-refractivity contribution in [3.8, 4) is 11.8 Å². The number of hydrogen-bond donors (Lipinski definition) is 2.